The fraction of sp³-hybridized carbons (Fsp3) is 0.241. The first-order valence-electron chi connectivity index (χ1n) is 12.3. The van der Waals surface area contributed by atoms with E-state index in [1.807, 2.05) is 42.5 Å². The second kappa shape index (κ2) is 9.07. The topological polar surface area (TPSA) is 87.2 Å². The summed E-state index contributed by atoms with van der Waals surface area (Å²) in [6.07, 6.45) is 9.34. The lowest BCUT2D eigenvalue weighted by molar-refractivity contribution is -0.137. The smallest absolute Gasteiger partial charge is 0.251 e. The SMILES string of the molecule is CNC(=O)[C@H]1CC2=C(Cc3ccccc32)CN1C(=O)C1=C(CNc2ccc3nccnc3c2)C=CC1. The summed E-state index contributed by atoms with van der Waals surface area (Å²) in [6.45, 7) is 0.996. The van der Waals surface area contributed by atoms with E-state index >= 15 is 0 Å². The highest BCUT2D eigenvalue weighted by molar-refractivity contribution is 6.00. The monoisotopic (exact) mass is 477 g/mol. The van der Waals surface area contributed by atoms with Gasteiger partial charge < -0.3 is 15.5 Å². The van der Waals surface area contributed by atoms with Crippen LogP contribution in [0.3, 0.4) is 0 Å². The Hall–Kier alpha value is -4.26. The Morgan fingerprint density at radius 1 is 1.08 bits per heavy atom. The third-order valence-electron chi connectivity index (χ3n) is 7.36. The van der Waals surface area contributed by atoms with Crippen LogP contribution in [0.2, 0.25) is 0 Å². The van der Waals surface area contributed by atoms with Crippen molar-refractivity contribution in [3.8, 4) is 0 Å². The number of carbonyl (C=O) groups excluding carboxylic acids is 2. The standard InChI is InChI=1S/C29H27N5O2/c1-30-28(35)27-15-24-20(13-18-5-2-3-7-22(18)24)17-34(27)29(36)23-8-4-6-19(23)16-33-21-9-10-25-26(14-21)32-12-11-31-25/h2-7,9-12,14,27,33H,8,13,15-17H2,1H3,(H,30,35)/t27-/m1/s1. The Bertz CT molecular complexity index is 1490. The number of allylic oxidation sites excluding steroid dienone is 1. The molecule has 6 rings (SSSR count). The highest BCUT2D eigenvalue weighted by Crippen LogP contribution is 2.41. The number of anilines is 1. The Kier molecular flexibility index (Phi) is 5.60. The summed E-state index contributed by atoms with van der Waals surface area (Å²) in [7, 11) is 1.64. The Morgan fingerprint density at radius 3 is 2.78 bits per heavy atom. The molecule has 2 N–H and O–H groups in total. The summed E-state index contributed by atoms with van der Waals surface area (Å²) >= 11 is 0. The van der Waals surface area contributed by atoms with E-state index in [1.54, 1.807) is 24.3 Å². The van der Waals surface area contributed by atoms with Crippen LogP contribution >= 0.6 is 0 Å². The van der Waals surface area contributed by atoms with Gasteiger partial charge in [0.05, 0.1) is 11.0 Å². The number of nitrogens with zero attached hydrogens (tertiary/aromatic N) is 3. The lowest BCUT2D eigenvalue weighted by Crippen LogP contribution is -2.52. The maximum Gasteiger partial charge on any atom is 0.251 e. The van der Waals surface area contributed by atoms with Crippen molar-refractivity contribution in [3.05, 3.63) is 94.9 Å². The van der Waals surface area contributed by atoms with Gasteiger partial charge in [-0.25, -0.2) is 0 Å². The van der Waals surface area contributed by atoms with Crippen molar-refractivity contribution in [1.29, 1.82) is 0 Å². The van der Waals surface area contributed by atoms with E-state index in [1.165, 1.54) is 22.3 Å². The molecule has 1 aliphatic heterocycles. The number of nitrogens with one attached hydrogen (secondary N) is 2. The van der Waals surface area contributed by atoms with E-state index in [0.29, 0.717) is 25.9 Å². The Labute approximate surface area is 209 Å². The summed E-state index contributed by atoms with van der Waals surface area (Å²) in [6, 6.07) is 13.7. The van der Waals surface area contributed by atoms with Crippen molar-refractivity contribution in [2.45, 2.75) is 25.3 Å². The number of amides is 2. The van der Waals surface area contributed by atoms with Crippen LogP contribution in [-0.2, 0) is 16.0 Å². The highest BCUT2D eigenvalue weighted by Gasteiger charge is 2.39. The first-order chi connectivity index (χ1) is 17.6. The third kappa shape index (κ3) is 3.86. The largest absolute Gasteiger partial charge is 0.381 e. The van der Waals surface area contributed by atoms with Crippen molar-refractivity contribution in [2.24, 2.45) is 0 Å². The molecule has 0 radical (unpaired) electrons. The molecule has 2 aliphatic carbocycles. The number of hydrogen-bond donors (Lipinski definition) is 2. The molecule has 0 bridgehead atoms. The van der Waals surface area contributed by atoms with Crippen LogP contribution in [0, 0.1) is 0 Å². The maximum atomic E-state index is 13.9. The van der Waals surface area contributed by atoms with Crippen molar-refractivity contribution >= 4 is 34.1 Å². The minimum Gasteiger partial charge on any atom is -0.381 e. The van der Waals surface area contributed by atoms with Crippen LogP contribution in [0.15, 0.2) is 83.7 Å². The number of benzene rings is 2. The molecule has 0 saturated carbocycles. The normalized spacial score (nSPS) is 18.5. The molecule has 36 heavy (non-hydrogen) atoms. The number of rotatable bonds is 5. The van der Waals surface area contributed by atoms with Gasteiger partial charge in [-0.15, -0.1) is 0 Å². The molecule has 0 unspecified atom stereocenters. The zero-order valence-electron chi connectivity index (χ0n) is 20.1. The van der Waals surface area contributed by atoms with Crippen LogP contribution in [0.25, 0.3) is 16.6 Å². The Morgan fingerprint density at radius 2 is 1.92 bits per heavy atom. The van der Waals surface area contributed by atoms with Gasteiger partial charge in [-0.2, -0.15) is 0 Å². The minimum absolute atomic E-state index is 0.0581. The van der Waals surface area contributed by atoms with E-state index in [-0.39, 0.29) is 11.8 Å². The van der Waals surface area contributed by atoms with Crippen LogP contribution in [0.1, 0.15) is 24.0 Å². The van der Waals surface area contributed by atoms with Crippen LogP contribution in [0.4, 0.5) is 5.69 Å². The molecule has 1 aromatic heterocycles. The first kappa shape index (κ1) is 22.2. The van der Waals surface area contributed by atoms with Gasteiger partial charge in [-0.3, -0.25) is 19.6 Å². The third-order valence-corrected chi connectivity index (χ3v) is 7.36. The van der Waals surface area contributed by atoms with Crippen LogP contribution < -0.4 is 10.6 Å². The molecule has 2 heterocycles. The number of fused-ring (bicyclic) bond motifs is 3. The molecular formula is C29H27N5O2. The molecule has 7 heteroatoms. The van der Waals surface area contributed by atoms with Gasteiger partial charge in [0.1, 0.15) is 6.04 Å². The van der Waals surface area contributed by atoms with Gasteiger partial charge in [0.25, 0.3) is 5.91 Å². The van der Waals surface area contributed by atoms with Gasteiger partial charge >= 0.3 is 0 Å². The summed E-state index contributed by atoms with van der Waals surface area (Å²) in [5, 5.41) is 6.20. The molecule has 7 nitrogen and oxygen atoms in total. The molecule has 0 saturated heterocycles. The summed E-state index contributed by atoms with van der Waals surface area (Å²) in [5.41, 5.74) is 9.24. The van der Waals surface area contributed by atoms with E-state index < -0.39 is 6.04 Å². The average Bonchev–Trinajstić information content (AvgIpc) is 3.54. The first-order valence-corrected chi connectivity index (χ1v) is 12.3. The van der Waals surface area contributed by atoms with Gasteiger partial charge in [0.15, 0.2) is 0 Å². The second-order valence-electron chi connectivity index (χ2n) is 9.41. The molecule has 180 valence electrons. The average molecular weight is 478 g/mol. The lowest BCUT2D eigenvalue weighted by Gasteiger charge is -2.36. The molecule has 3 aromatic rings. The summed E-state index contributed by atoms with van der Waals surface area (Å²) in [5.74, 6) is -0.180. The molecule has 2 aromatic carbocycles. The van der Waals surface area contributed by atoms with Gasteiger partial charge in [0.2, 0.25) is 5.91 Å². The predicted octanol–water partition coefficient (Wildman–Crippen LogP) is 3.66. The maximum absolute atomic E-state index is 13.9. The molecule has 2 amide bonds. The van der Waals surface area contributed by atoms with Crippen molar-refractivity contribution in [3.63, 3.8) is 0 Å². The number of carbonyl (C=O) groups is 2. The molecular weight excluding hydrogens is 450 g/mol. The van der Waals surface area contributed by atoms with Gasteiger partial charge in [-0.1, -0.05) is 36.4 Å². The Balaban J connectivity index is 1.25. The van der Waals surface area contributed by atoms with Crippen molar-refractivity contribution < 1.29 is 9.59 Å². The fourth-order valence-corrected chi connectivity index (χ4v) is 5.52. The molecule has 3 aliphatic rings. The molecule has 0 spiro atoms. The molecule has 1 atom stereocenters. The minimum atomic E-state index is -0.520. The summed E-state index contributed by atoms with van der Waals surface area (Å²) < 4.78 is 0. The number of likely N-dealkylation sites (N-methyl/N-ethyl adjacent to an activating group) is 1. The predicted molar refractivity (Wildman–Crippen MR) is 140 cm³/mol. The van der Waals surface area contributed by atoms with Gasteiger partial charge in [0, 0.05) is 50.2 Å². The van der Waals surface area contributed by atoms with Crippen molar-refractivity contribution in [2.75, 3.05) is 25.5 Å². The highest BCUT2D eigenvalue weighted by atomic mass is 16.2. The van der Waals surface area contributed by atoms with Crippen molar-refractivity contribution in [1.82, 2.24) is 20.2 Å². The van der Waals surface area contributed by atoms with E-state index in [9.17, 15) is 9.59 Å². The number of hydrogen-bond acceptors (Lipinski definition) is 5. The van der Waals surface area contributed by atoms with E-state index in [4.69, 9.17) is 0 Å². The summed E-state index contributed by atoms with van der Waals surface area (Å²) in [4.78, 5) is 37.2. The zero-order chi connectivity index (χ0) is 24.6. The van der Waals surface area contributed by atoms with Gasteiger partial charge in [-0.05, 0) is 58.9 Å². The lowest BCUT2D eigenvalue weighted by atomic mass is 9.91. The fourth-order valence-electron chi connectivity index (χ4n) is 5.52. The van der Waals surface area contributed by atoms with E-state index in [2.05, 4.69) is 32.7 Å². The second-order valence-corrected chi connectivity index (χ2v) is 9.41. The quantitative estimate of drug-likeness (QED) is 0.586. The molecule has 0 fully saturated rings. The number of aromatic nitrogens is 2. The van der Waals surface area contributed by atoms with E-state index in [0.717, 1.165) is 34.3 Å². The zero-order valence-corrected chi connectivity index (χ0v) is 20.1. The van der Waals surface area contributed by atoms with Crippen LogP contribution in [-0.4, -0.2) is 52.9 Å². The van der Waals surface area contributed by atoms with Crippen LogP contribution in [0.5, 0.6) is 0 Å².